The van der Waals surface area contributed by atoms with Crippen molar-refractivity contribution in [2.75, 3.05) is 25.1 Å². The fourth-order valence-corrected chi connectivity index (χ4v) is 2.89. The van der Waals surface area contributed by atoms with Crippen molar-refractivity contribution in [2.24, 2.45) is 0 Å². The molecule has 22 heavy (non-hydrogen) atoms. The van der Waals surface area contributed by atoms with E-state index in [0.29, 0.717) is 16.9 Å². The Bertz CT molecular complexity index is 637. The highest BCUT2D eigenvalue weighted by atomic mass is 35.5. The zero-order valence-electron chi connectivity index (χ0n) is 12.5. The van der Waals surface area contributed by atoms with E-state index in [1.807, 2.05) is 30.3 Å². The molecule has 0 unspecified atom stereocenters. The minimum atomic E-state index is 0.408. The fourth-order valence-electron chi connectivity index (χ4n) is 2.65. The Kier molecular flexibility index (Phi) is 4.75. The molecule has 0 saturated carbocycles. The van der Waals surface area contributed by atoms with Gasteiger partial charge in [-0.3, -0.25) is 0 Å². The van der Waals surface area contributed by atoms with Gasteiger partial charge in [0.2, 0.25) is 5.88 Å². The van der Waals surface area contributed by atoms with Crippen molar-refractivity contribution in [1.82, 2.24) is 15.3 Å². The van der Waals surface area contributed by atoms with Crippen LogP contribution in [0.3, 0.4) is 0 Å². The van der Waals surface area contributed by atoms with Crippen LogP contribution in [0.25, 0.3) is 0 Å². The van der Waals surface area contributed by atoms with Crippen molar-refractivity contribution < 1.29 is 4.74 Å². The molecule has 2 aromatic rings. The molecule has 3 heterocycles. The SMILES string of the molecule is COc1cccc(CN[C@H]2CCN(c3ncccc3Cl)C2)n1. The standard InChI is InChI=1S/C16H19ClN4O/c1-22-15-6-2-4-12(20-15)10-19-13-7-9-21(11-13)16-14(17)5-3-8-18-16/h2-6,8,13,19H,7,9-11H2,1H3/t13-/m0/s1. The Balaban J connectivity index is 1.56. The van der Waals surface area contributed by atoms with E-state index in [2.05, 4.69) is 20.2 Å². The van der Waals surface area contributed by atoms with Crippen molar-refractivity contribution in [3.8, 4) is 5.88 Å². The minimum Gasteiger partial charge on any atom is -0.481 e. The third-order valence-electron chi connectivity index (χ3n) is 3.79. The average Bonchev–Trinajstić information content (AvgIpc) is 3.02. The first kappa shape index (κ1) is 15.1. The van der Waals surface area contributed by atoms with Crippen LogP contribution >= 0.6 is 11.6 Å². The Hall–Kier alpha value is -1.85. The molecule has 1 atom stereocenters. The second-order valence-corrected chi connectivity index (χ2v) is 5.70. The number of halogens is 1. The molecule has 5 nitrogen and oxygen atoms in total. The summed E-state index contributed by atoms with van der Waals surface area (Å²) in [5.41, 5.74) is 0.980. The lowest BCUT2D eigenvalue weighted by Gasteiger charge is -2.19. The molecule has 0 aromatic carbocycles. The lowest BCUT2D eigenvalue weighted by molar-refractivity contribution is 0.395. The molecule has 2 aromatic heterocycles. The third kappa shape index (κ3) is 3.48. The van der Waals surface area contributed by atoms with E-state index in [-0.39, 0.29) is 0 Å². The smallest absolute Gasteiger partial charge is 0.213 e. The molecule has 0 spiro atoms. The molecule has 0 radical (unpaired) electrons. The van der Waals surface area contributed by atoms with Gasteiger partial charge in [0.05, 0.1) is 17.8 Å². The maximum atomic E-state index is 6.21. The van der Waals surface area contributed by atoms with Crippen LogP contribution in [-0.2, 0) is 6.54 Å². The van der Waals surface area contributed by atoms with E-state index in [9.17, 15) is 0 Å². The number of pyridine rings is 2. The van der Waals surface area contributed by atoms with Crippen LogP contribution in [0.2, 0.25) is 5.02 Å². The van der Waals surface area contributed by atoms with E-state index in [0.717, 1.165) is 37.6 Å². The van der Waals surface area contributed by atoms with Crippen molar-refractivity contribution in [2.45, 2.75) is 19.0 Å². The summed E-state index contributed by atoms with van der Waals surface area (Å²) in [6.45, 7) is 2.59. The van der Waals surface area contributed by atoms with E-state index in [1.54, 1.807) is 13.3 Å². The van der Waals surface area contributed by atoms with Crippen molar-refractivity contribution in [3.05, 3.63) is 47.2 Å². The second-order valence-electron chi connectivity index (χ2n) is 5.29. The van der Waals surface area contributed by atoms with Crippen molar-refractivity contribution >= 4 is 17.4 Å². The van der Waals surface area contributed by atoms with Crippen LogP contribution in [0, 0.1) is 0 Å². The number of nitrogens with zero attached hydrogens (tertiary/aromatic N) is 3. The first-order chi connectivity index (χ1) is 10.8. The molecular weight excluding hydrogens is 300 g/mol. The number of aromatic nitrogens is 2. The zero-order valence-corrected chi connectivity index (χ0v) is 13.3. The minimum absolute atomic E-state index is 0.408. The number of hydrogen-bond donors (Lipinski definition) is 1. The maximum absolute atomic E-state index is 6.21. The van der Waals surface area contributed by atoms with Gasteiger partial charge in [0, 0.05) is 37.9 Å². The van der Waals surface area contributed by atoms with Crippen molar-refractivity contribution in [3.63, 3.8) is 0 Å². The number of nitrogens with one attached hydrogen (secondary N) is 1. The number of rotatable bonds is 5. The van der Waals surface area contributed by atoms with Crippen LogP contribution in [0.4, 0.5) is 5.82 Å². The molecule has 6 heteroatoms. The van der Waals surface area contributed by atoms with Crippen molar-refractivity contribution in [1.29, 1.82) is 0 Å². The van der Waals surface area contributed by atoms with Gasteiger partial charge in [-0.1, -0.05) is 17.7 Å². The molecule has 1 fully saturated rings. The van der Waals surface area contributed by atoms with Crippen LogP contribution in [0.15, 0.2) is 36.5 Å². The third-order valence-corrected chi connectivity index (χ3v) is 4.08. The molecule has 116 valence electrons. The number of anilines is 1. The second kappa shape index (κ2) is 6.94. The molecule has 1 saturated heterocycles. The van der Waals surface area contributed by atoms with Crippen LogP contribution in [0.1, 0.15) is 12.1 Å². The Morgan fingerprint density at radius 3 is 3.09 bits per heavy atom. The van der Waals surface area contributed by atoms with Crippen LogP contribution < -0.4 is 15.0 Å². The largest absolute Gasteiger partial charge is 0.481 e. The van der Waals surface area contributed by atoms with E-state index >= 15 is 0 Å². The highest BCUT2D eigenvalue weighted by Crippen LogP contribution is 2.25. The number of hydrogen-bond acceptors (Lipinski definition) is 5. The van der Waals surface area contributed by atoms with Gasteiger partial charge < -0.3 is 15.0 Å². The molecular formula is C16H19ClN4O. The van der Waals surface area contributed by atoms with Gasteiger partial charge in [0.25, 0.3) is 0 Å². The van der Waals surface area contributed by atoms with Gasteiger partial charge in [0.1, 0.15) is 5.82 Å². The Morgan fingerprint density at radius 1 is 1.36 bits per heavy atom. The first-order valence-electron chi connectivity index (χ1n) is 7.35. The van der Waals surface area contributed by atoms with Crippen LogP contribution in [-0.4, -0.2) is 36.2 Å². The topological polar surface area (TPSA) is 50.3 Å². The summed E-state index contributed by atoms with van der Waals surface area (Å²) >= 11 is 6.21. The van der Waals surface area contributed by atoms with Gasteiger partial charge in [0.15, 0.2) is 0 Å². The summed E-state index contributed by atoms with van der Waals surface area (Å²) in [5.74, 6) is 1.51. The van der Waals surface area contributed by atoms with E-state index in [1.165, 1.54) is 0 Å². The van der Waals surface area contributed by atoms with E-state index < -0.39 is 0 Å². The molecule has 1 N–H and O–H groups in total. The molecule has 0 aliphatic carbocycles. The predicted octanol–water partition coefficient (Wildman–Crippen LogP) is 2.51. The summed E-state index contributed by atoms with van der Waals surface area (Å²) in [6, 6.07) is 9.95. The van der Waals surface area contributed by atoms with Gasteiger partial charge in [-0.2, -0.15) is 0 Å². The monoisotopic (exact) mass is 318 g/mol. The summed E-state index contributed by atoms with van der Waals surface area (Å²) in [4.78, 5) is 11.0. The molecule has 0 bridgehead atoms. The summed E-state index contributed by atoms with van der Waals surface area (Å²) in [6.07, 6.45) is 2.85. The Labute approximate surface area is 135 Å². The Morgan fingerprint density at radius 2 is 2.27 bits per heavy atom. The van der Waals surface area contributed by atoms with Gasteiger partial charge in [-0.05, 0) is 24.6 Å². The quantitative estimate of drug-likeness (QED) is 0.918. The molecule has 0 amide bonds. The fraction of sp³-hybridized carbons (Fsp3) is 0.375. The van der Waals surface area contributed by atoms with E-state index in [4.69, 9.17) is 16.3 Å². The molecule has 1 aliphatic rings. The lowest BCUT2D eigenvalue weighted by Crippen LogP contribution is -2.32. The van der Waals surface area contributed by atoms with Gasteiger partial charge in [-0.25, -0.2) is 9.97 Å². The highest BCUT2D eigenvalue weighted by Gasteiger charge is 2.24. The molecule has 3 rings (SSSR count). The summed E-state index contributed by atoms with van der Waals surface area (Å²) < 4.78 is 5.14. The number of methoxy groups -OCH3 is 1. The molecule has 1 aliphatic heterocycles. The summed E-state index contributed by atoms with van der Waals surface area (Å²) in [7, 11) is 1.63. The number of ether oxygens (including phenoxy) is 1. The predicted molar refractivity (Wildman–Crippen MR) is 87.5 cm³/mol. The maximum Gasteiger partial charge on any atom is 0.213 e. The highest BCUT2D eigenvalue weighted by molar-refractivity contribution is 6.32. The van der Waals surface area contributed by atoms with Crippen LogP contribution in [0.5, 0.6) is 5.88 Å². The first-order valence-corrected chi connectivity index (χ1v) is 7.73. The zero-order chi connectivity index (χ0) is 15.4. The normalized spacial score (nSPS) is 17.7. The average molecular weight is 319 g/mol. The van der Waals surface area contributed by atoms with Gasteiger partial charge >= 0.3 is 0 Å². The lowest BCUT2D eigenvalue weighted by atomic mass is 10.2. The summed E-state index contributed by atoms with van der Waals surface area (Å²) in [5, 5.41) is 4.24. The van der Waals surface area contributed by atoms with Gasteiger partial charge in [-0.15, -0.1) is 0 Å².